The number of para-hydroxylation sites is 1. The highest BCUT2D eigenvalue weighted by Gasteiger charge is 2.50. The number of rotatable bonds is 4. The first-order chi connectivity index (χ1) is 14.4. The van der Waals surface area contributed by atoms with Crippen LogP contribution in [0.15, 0.2) is 23.2 Å². The van der Waals surface area contributed by atoms with Crippen molar-refractivity contribution < 1.29 is 22.7 Å². The second-order valence-electron chi connectivity index (χ2n) is 8.21. The number of aliphatic imine (C=N–C) groups is 1. The van der Waals surface area contributed by atoms with Crippen molar-refractivity contribution in [2.45, 2.75) is 44.1 Å². The Labute approximate surface area is 195 Å². The van der Waals surface area contributed by atoms with E-state index < -0.39 is 33.5 Å². The molecular weight excluding hydrogens is 485 g/mol. The number of fused-ring (bicyclic) bond motifs is 1. The Hall–Kier alpha value is -1.49. The van der Waals surface area contributed by atoms with E-state index in [0.717, 1.165) is 0 Å². The highest BCUT2D eigenvalue weighted by molar-refractivity contribution is 8.16. The van der Waals surface area contributed by atoms with E-state index in [9.17, 15) is 18.0 Å². The highest BCUT2D eigenvalue weighted by Crippen LogP contribution is 2.45. The minimum absolute atomic E-state index is 0.00564. The predicted molar refractivity (Wildman–Crippen MR) is 124 cm³/mol. The number of amides is 2. The van der Waals surface area contributed by atoms with Gasteiger partial charge in [0.05, 0.1) is 33.3 Å². The lowest BCUT2D eigenvalue weighted by molar-refractivity contribution is -0.117. The first kappa shape index (κ1) is 24.2. The van der Waals surface area contributed by atoms with Crippen LogP contribution >= 0.6 is 35.0 Å². The number of anilines is 1. The number of nitrogens with zero attached hydrogens (tertiary/aromatic N) is 2. The van der Waals surface area contributed by atoms with Crippen LogP contribution in [0.4, 0.5) is 10.5 Å². The molecular formula is C19H23Cl2N3O5S2. The van der Waals surface area contributed by atoms with Gasteiger partial charge in [0, 0.05) is 18.2 Å². The van der Waals surface area contributed by atoms with Crippen LogP contribution in [0.25, 0.3) is 0 Å². The van der Waals surface area contributed by atoms with E-state index in [1.807, 2.05) is 0 Å². The Bertz CT molecular complexity index is 1000. The summed E-state index contributed by atoms with van der Waals surface area (Å²) in [6.07, 6.45) is -0.659. The van der Waals surface area contributed by atoms with Crippen LogP contribution < -0.4 is 10.2 Å². The van der Waals surface area contributed by atoms with Gasteiger partial charge in [0.25, 0.3) is 0 Å². The Morgan fingerprint density at radius 3 is 2.52 bits per heavy atom. The summed E-state index contributed by atoms with van der Waals surface area (Å²) in [6, 6.07) is 4.56. The zero-order valence-corrected chi connectivity index (χ0v) is 20.4. The second kappa shape index (κ2) is 9.17. The van der Waals surface area contributed by atoms with E-state index in [2.05, 4.69) is 10.3 Å². The molecule has 2 amide bonds. The summed E-state index contributed by atoms with van der Waals surface area (Å²) in [4.78, 5) is 30.0. The molecule has 2 aliphatic heterocycles. The van der Waals surface area contributed by atoms with E-state index in [0.29, 0.717) is 20.9 Å². The van der Waals surface area contributed by atoms with E-state index in [-0.39, 0.29) is 29.7 Å². The number of hydrogen-bond acceptors (Lipinski definition) is 6. The lowest BCUT2D eigenvalue weighted by atomic mass is 10.2. The summed E-state index contributed by atoms with van der Waals surface area (Å²) in [6.45, 7) is 5.29. The fraction of sp³-hybridized carbons (Fsp3) is 0.526. The molecule has 8 nitrogen and oxygen atoms in total. The topological polar surface area (TPSA) is 105 Å². The van der Waals surface area contributed by atoms with Crippen LogP contribution in [0, 0.1) is 0 Å². The average Bonchev–Trinajstić information content (AvgIpc) is 3.05. The fourth-order valence-corrected chi connectivity index (χ4v) is 7.79. The zero-order chi connectivity index (χ0) is 23.0. The molecule has 0 aromatic heterocycles. The number of amidine groups is 1. The Balaban J connectivity index is 1.77. The molecule has 31 heavy (non-hydrogen) atoms. The third kappa shape index (κ3) is 6.06. The molecule has 12 heteroatoms. The highest BCUT2D eigenvalue weighted by atomic mass is 35.5. The van der Waals surface area contributed by atoms with Gasteiger partial charge in [-0.3, -0.25) is 4.79 Å². The fourth-order valence-electron chi connectivity index (χ4n) is 3.29. The number of thioether (sulfide) groups is 1. The van der Waals surface area contributed by atoms with Crippen LogP contribution in [0.5, 0.6) is 0 Å². The molecule has 0 saturated carbocycles. The maximum Gasteiger partial charge on any atom is 0.407 e. The van der Waals surface area contributed by atoms with Gasteiger partial charge in [-0.25, -0.2) is 13.2 Å². The number of halogens is 2. The Kier molecular flexibility index (Phi) is 7.15. The van der Waals surface area contributed by atoms with Crippen LogP contribution in [0.1, 0.15) is 27.2 Å². The Morgan fingerprint density at radius 1 is 1.26 bits per heavy atom. The third-order valence-electron chi connectivity index (χ3n) is 4.47. The van der Waals surface area contributed by atoms with Gasteiger partial charge < -0.3 is 15.0 Å². The van der Waals surface area contributed by atoms with E-state index in [1.165, 1.54) is 11.8 Å². The van der Waals surface area contributed by atoms with Crippen molar-refractivity contribution in [3.8, 4) is 0 Å². The first-order valence-electron chi connectivity index (χ1n) is 9.55. The van der Waals surface area contributed by atoms with E-state index in [4.69, 9.17) is 27.9 Å². The molecule has 2 unspecified atom stereocenters. The maximum absolute atomic E-state index is 12.5. The predicted octanol–water partition coefficient (Wildman–Crippen LogP) is 3.51. The number of ether oxygens (including phenoxy) is 1. The molecule has 1 N–H and O–H groups in total. The van der Waals surface area contributed by atoms with Crippen molar-refractivity contribution >= 4 is 67.7 Å². The van der Waals surface area contributed by atoms with E-state index >= 15 is 0 Å². The van der Waals surface area contributed by atoms with E-state index in [1.54, 1.807) is 43.9 Å². The van der Waals surface area contributed by atoms with Crippen molar-refractivity contribution in [2.24, 2.45) is 4.99 Å². The van der Waals surface area contributed by atoms with Gasteiger partial charge in [-0.2, -0.15) is 4.99 Å². The molecule has 0 radical (unpaired) electrons. The van der Waals surface area contributed by atoms with Gasteiger partial charge in [-0.1, -0.05) is 41.0 Å². The summed E-state index contributed by atoms with van der Waals surface area (Å²) in [5.41, 5.74) is -0.205. The minimum Gasteiger partial charge on any atom is -0.444 e. The molecule has 1 aromatic carbocycles. The largest absolute Gasteiger partial charge is 0.444 e. The maximum atomic E-state index is 12.5. The van der Waals surface area contributed by atoms with Crippen molar-refractivity contribution in [1.29, 1.82) is 0 Å². The van der Waals surface area contributed by atoms with Gasteiger partial charge in [0.2, 0.25) is 5.91 Å². The van der Waals surface area contributed by atoms with Crippen LogP contribution in [-0.2, 0) is 19.4 Å². The van der Waals surface area contributed by atoms with Crippen LogP contribution in [0.3, 0.4) is 0 Å². The molecule has 2 fully saturated rings. The number of hydrogen-bond donors (Lipinski definition) is 1. The second-order valence-corrected chi connectivity index (χ2v) is 12.4. The Morgan fingerprint density at radius 2 is 1.90 bits per heavy atom. The SMILES string of the molecule is CC(C)(C)OC(=O)NCCC(=O)N=C1SC2CS(=O)(=O)CC2N1c1c(Cl)cccc1Cl. The van der Waals surface area contributed by atoms with Gasteiger partial charge in [-0.15, -0.1) is 0 Å². The van der Waals surface area contributed by atoms with Gasteiger partial charge in [0.15, 0.2) is 15.0 Å². The van der Waals surface area contributed by atoms with Crippen LogP contribution in [-0.4, -0.2) is 60.5 Å². The lowest BCUT2D eigenvalue weighted by Gasteiger charge is -2.26. The number of benzene rings is 1. The van der Waals surface area contributed by atoms with Crippen molar-refractivity contribution in [3.63, 3.8) is 0 Å². The van der Waals surface area contributed by atoms with Crippen molar-refractivity contribution in [1.82, 2.24) is 5.32 Å². The molecule has 2 heterocycles. The number of carbonyl (C=O) groups excluding carboxylic acids is 2. The first-order valence-corrected chi connectivity index (χ1v) is 13.0. The van der Waals surface area contributed by atoms with Crippen molar-refractivity contribution in [2.75, 3.05) is 23.0 Å². The zero-order valence-electron chi connectivity index (χ0n) is 17.2. The molecule has 2 atom stereocenters. The number of nitrogens with one attached hydrogen (secondary N) is 1. The molecule has 1 aromatic rings. The van der Waals surface area contributed by atoms with Crippen LogP contribution in [0.2, 0.25) is 10.0 Å². The summed E-state index contributed by atoms with van der Waals surface area (Å²) >= 11 is 13.9. The van der Waals surface area contributed by atoms with Gasteiger partial charge >= 0.3 is 6.09 Å². The summed E-state index contributed by atoms with van der Waals surface area (Å²) in [5, 5.41) is 3.26. The number of alkyl carbamates (subject to hydrolysis) is 1. The molecule has 0 bridgehead atoms. The van der Waals surface area contributed by atoms with Gasteiger partial charge in [-0.05, 0) is 32.9 Å². The summed E-state index contributed by atoms with van der Waals surface area (Å²) in [5.74, 6) is -0.539. The quantitative estimate of drug-likeness (QED) is 0.664. The normalized spacial score (nSPS) is 23.6. The minimum atomic E-state index is -3.21. The summed E-state index contributed by atoms with van der Waals surface area (Å²) in [7, 11) is -3.21. The smallest absolute Gasteiger partial charge is 0.407 e. The van der Waals surface area contributed by atoms with Crippen molar-refractivity contribution in [3.05, 3.63) is 28.2 Å². The average molecular weight is 508 g/mol. The molecule has 0 aliphatic carbocycles. The third-order valence-corrected chi connectivity index (χ3v) is 8.29. The molecule has 170 valence electrons. The molecule has 2 saturated heterocycles. The molecule has 0 spiro atoms. The monoisotopic (exact) mass is 507 g/mol. The molecule has 3 rings (SSSR count). The number of carbonyl (C=O) groups is 2. The molecule has 2 aliphatic rings. The number of sulfone groups is 1. The lowest BCUT2D eigenvalue weighted by Crippen LogP contribution is -2.38. The standard InChI is InChI=1S/C19H23Cl2N3O5S2/c1-19(2,3)29-18(26)22-8-7-15(25)23-17-24(16-11(20)5-4-6-12(16)21)13-9-31(27,28)10-14(13)30-17/h4-6,13-14H,7-10H2,1-3H3,(H,22,26). The summed E-state index contributed by atoms with van der Waals surface area (Å²) < 4.78 is 29.4. The van der Waals surface area contributed by atoms with Gasteiger partial charge in [0.1, 0.15) is 5.60 Å².